The molecule has 1 amide bonds. The molecule has 0 aliphatic heterocycles. The number of para-hydroxylation sites is 1. The van der Waals surface area contributed by atoms with Crippen LogP contribution < -0.4 is 5.32 Å². The zero-order valence-corrected chi connectivity index (χ0v) is 15.9. The summed E-state index contributed by atoms with van der Waals surface area (Å²) in [6.07, 6.45) is 4.01. The van der Waals surface area contributed by atoms with Gasteiger partial charge in [-0.1, -0.05) is 48.5 Å². The number of unbranched alkanes of at least 4 members (excludes halogenated alkanes) is 1. The number of hydrogen-bond acceptors (Lipinski definition) is 4. The lowest BCUT2D eigenvalue weighted by Gasteiger charge is -2.15. The van der Waals surface area contributed by atoms with Crippen molar-refractivity contribution in [2.75, 3.05) is 19.8 Å². The number of rotatable bonds is 9. The Kier molecular flexibility index (Phi) is 7.12. The van der Waals surface area contributed by atoms with Crippen molar-refractivity contribution < 1.29 is 15.0 Å². The topological polar surface area (TPSA) is 82.5 Å². The van der Waals surface area contributed by atoms with Gasteiger partial charge in [0, 0.05) is 31.3 Å². The maximum atomic E-state index is 12.4. The number of carbonyl (C=O) groups is 1. The molecule has 0 radical (unpaired) electrons. The number of nitrogens with one attached hydrogen (secondary N) is 1. The number of aromatic nitrogens is 1. The Labute approximate surface area is 165 Å². The number of nitrogens with zero attached hydrogens (tertiary/aromatic N) is 1. The number of fused-ring (bicyclic) bond motifs is 1. The number of carbonyl (C=O) groups excluding carboxylic acids is 1. The number of aliphatic hydroxyl groups excluding tert-OH is 2. The summed E-state index contributed by atoms with van der Waals surface area (Å²) in [5.41, 5.74) is 4.79. The zero-order chi connectivity index (χ0) is 19.8. The Morgan fingerprint density at radius 3 is 2.50 bits per heavy atom. The SMILES string of the molecule is O=C(Cc1cnc2c(CCO)cccc2c1-c1ccccc1)NCCCCO. The average Bonchev–Trinajstić information content (AvgIpc) is 2.72. The van der Waals surface area contributed by atoms with Crippen molar-refractivity contribution in [3.05, 3.63) is 65.9 Å². The lowest BCUT2D eigenvalue weighted by Crippen LogP contribution is -2.26. The molecule has 5 heteroatoms. The summed E-state index contributed by atoms with van der Waals surface area (Å²) in [6, 6.07) is 16.0. The Balaban J connectivity index is 1.99. The molecule has 2 aromatic carbocycles. The average molecular weight is 378 g/mol. The van der Waals surface area contributed by atoms with E-state index in [1.807, 2.05) is 48.5 Å². The maximum absolute atomic E-state index is 12.4. The predicted octanol–water partition coefficient (Wildman–Crippen LogP) is 2.87. The normalized spacial score (nSPS) is 10.9. The summed E-state index contributed by atoms with van der Waals surface area (Å²) in [7, 11) is 0. The molecule has 1 heterocycles. The van der Waals surface area contributed by atoms with E-state index in [1.165, 1.54) is 0 Å². The first-order chi connectivity index (χ1) is 13.7. The molecule has 28 heavy (non-hydrogen) atoms. The minimum Gasteiger partial charge on any atom is -0.396 e. The second kappa shape index (κ2) is 9.97. The molecule has 146 valence electrons. The highest BCUT2D eigenvalue weighted by molar-refractivity contribution is 5.98. The van der Waals surface area contributed by atoms with Crippen molar-refractivity contribution in [1.82, 2.24) is 10.3 Å². The van der Waals surface area contributed by atoms with Crippen LogP contribution in [0.5, 0.6) is 0 Å². The number of benzene rings is 2. The number of amides is 1. The van der Waals surface area contributed by atoms with Gasteiger partial charge in [0.1, 0.15) is 0 Å². The molecule has 5 nitrogen and oxygen atoms in total. The van der Waals surface area contributed by atoms with Crippen LogP contribution in [0.15, 0.2) is 54.7 Å². The third kappa shape index (κ3) is 4.74. The maximum Gasteiger partial charge on any atom is 0.224 e. The molecule has 0 atom stereocenters. The summed E-state index contributed by atoms with van der Waals surface area (Å²) in [5.74, 6) is -0.0530. The smallest absolute Gasteiger partial charge is 0.224 e. The molecule has 1 aromatic heterocycles. The van der Waals surface area contributed by atoms with Gasteiger partial charge in [0.2, 0.25) is 5.91 Å². The molecule has 3 N–H and O–H groups in total. The van der Waals surface area contributed by atoms with Gasteiger partial charge in [-0.05, 0) is 41.5 Å². The van der Waals surface area contributed by atoms with Gasteiger partial charge in [0.25, 0.3) is 0 Å². The van der Waals surface area contributed by atoms with Crippen LogP contribution in [0, 0.1) is 0 Å². The molecular formula is C23H26N2O3. The third-order valence-corrected chi connectivity index (χ3v) is 4.76. The summed E-state index contributed by atoms with van der Waals surface area (Å²) in [6.45, 7) is 0.764. The minimum absolute atomic E-state index is 0.0530. The van der Waals surface area contributed by atoms with Gasteiger partial charge in [-0.2, -0.15) is 0 Å². The van der Waals surface area contributed by atoms with Gasteiger partial charge in [-0.25, -0.2) is 0 Å². The quantitative estimate of drug-likeness (QED) is 0.500. The van der Waals surface area contributed by atoms with Crippen molar-refractivity contribution in [2.45, 2.75) is 25.7 Å². The number of hydrogen-bond donors (Lipinski definition) is 3. The standard InChI is InChI=1S/C23H26N2O3/c26-13-5-4-12-24-21(28)15-19-16-25-23-18(11-14-27)9-6-10-20(23)22(19)17-7-2-1-3-8-17/h1-3,6-10,16,26-27H,4-5,11-15H2,(H,24,28). The minimum atomic E-state index is -0.0530. The van der Waals surface area contributed by atoms with Crippen molar-refractivity contribution >= 4 is 16.8 Å². The molecule has 3 rings (SSSR count). The van der Waals surface area contributed by atoms with Gasteiger partial charge in [-0.3, -0.25) is 9.78 Å². The fourth-order valence-corrected chi connectivity index (χ4v) is 3.43. The van der Waals surface area contributed by atoms with Crippen molar-refractivity contribution in [3.8, 4) is 11.1 Å². The van der Waals surface area contributed by atoms with Crippen molar-refractivity contribution in [2.24, 2.45) is 0 Å². The van der Waals surface area contributed by atoms with E-state index >= 15 is 0 Å². The molecular weight excluding hydrogens is 352 g/mol. The monoisotopic (exact) mass is 378 g/mol. The van der Waals surface area contributed by atoms with Crippen LogP contribution in [-0.4, -0.2) is 40.9 Å². The Bertz CT molecular complexity index is 926. The van der Waals surface area contributed by atoms with Gasteiger partial charge >= 0.3 is 0 Å². The second-order valence-electron chi connectivity index (χ2n) is 6.77. The highest BCUT2D eigenvalue weighted by atomic mass is 16.3. The molecule has 0 unspecified atom stereocenters. The predicted molar refractivity (Wildman–Crippen MR) is 111 cm³/mol. The molecule has 0 saturated carbocycles. The Morgan fingerprint density at radius 1 is 0.929 bits per heavy atom. The second-order valence-corrected chi connectivity index (χ2v) is 6.77. The molecule has 0 bridgehead atoms. The molecule has 0 aliphatic carbocycles. The molecule has 3 aromatic rings. The Morgan fingerprint density at radius 2 is 1.75 bits per heavy atom. The van der Waals surface area contributed by atoms with Gasteiger partial charge in [0.15, 0.2) is 0 Å². The van der Waals surface area contributed by atoms with E-state index in [-0.39, 0.29) is 25.5 Å². The first kappa shape index (κ1) is 20.0. The highest BCUT2D eigenvalue weighted by Gasteiger charge is 2.15. The fourth-order valence-electron chi connectivity index (χ4n) is 3.43. The Hall–Kier alpha value is -2.76. The van der Waals surface area contributed by atoms with E-state index in [0.717, 1.165) is 39.6 Å². The van der Waals surface area contributed by atoms with E-state index in [0.29, 0.717) is 19.4 Å². The van der Waals surface area contributed by atoms with Gasteiger partial charge in [0.05, 0.1) is 11.9 Å². The van der Waals surface area contributed by atoms with E-state index in [1.54, 1.807) is 6.20 Å². The first-order valence-electron chi connectivity index (χ1n) is 9.68. The van der Waals surface area contributed by atoms with E-state index in [4.69, 9.17) is 5.11 Å². The summed E-state index contributed by atoms with van der Waals surface area (Å²) in [4.78, 5) is 17.1. The number of pyridine rings is 1. The van der Waals surface area contributed by atoms with Gasteiger partial charge < -0.3 is 15.5 Å². The largest absolute Gasteiger partial charge is 0.396 e. The first-order valence-corrected chi connectivity index (χ1v) is 9.68. The zero-order valence-electron chi connectivity index (χ0n) is 15.9. The van der Waals surface area contributed by atoms with Crippen LogP contribution >= 0.6 is 0 Å². The molecule has 0 saturated heterocycles. The van der Waals surface area contributed by atoms with Crippen LogP contribution in [0.3, 0.4) is 0 Å². The number of aliphatic hydroxyl groups is 2. The molecule has 0 fully saturated rings. The summed E-state index contributed by atoms with van der Waals surface area (Å²) < 4.78 is 0. The molecule has 0 aliphatic rings. The summed E-state index contributed by atoms with van der Waals surface area (Å²) >= 11 is 0. The van der Waals surface area contributed by atoms with Crippen LogP contribution in [0.2, 0.25) is 0 Å². The van der Waals surface area contributed by atoms with E-state index in [2.05, 4.69) is 10.3 Å². The van der Waals surface area contributed by atoms with E-state index in [9.17, 15) is 9.90 Å². The van der Waals surface area contributed by atoms with Crippen LogP contribution in [0.25, 0.3) is 22.0 Å². The fraction of sp³-hybridized carbons (Fsp3) is 0.304. The van der Waals surface area contributed by atoms with Crippen LogP contribution in [0.1, 0.15) is 24.0 Å². The van der Waals surface area contributed by atoms with Crippen LogP contribution in [0.4, 0.5) is 0 Å². The lowest BCUT2D eigenvalue weighted by molar-refractivity contribution is -0.120. The van der Waals surface area contributed by atoms with E-state index < -0.39 is 0 Å². The van der Waals surface area contributed by atoms with Crippen molar-refractivity contribution in [1.29, 1.82) is 0 Å². The lowest BCUT2D eigenvalue weighted by atomic mass is 9.93. The summed E-state index contributed by atoms with van der Waals surface area (Å²) in [5, 5.41) is 22.1. The van der Waals surface area contributed by atoms with Crippen molar-refractivity contribution in [3.63, 3.8) is 0 Å². The molecule has 0 spiro atoms. The van der Waals surface area contributed by atoms with Crippen LogP contribution in [-0.2, 0) is 17.6 Å². The third-order valence-electron chi connectivity index (χ3n) is 4.76. The van der Waals surface area contributed by atoms with Gasteiger partial charge in [-0.15, -0.1) is 0 Å². The highest BCUT2D eigenvalue weighted by Crippen LogP contribution is 2.32.